The molecule has 0 unspecified atom stereocenters. The first kappa shape index (κ1) is 26.7. The Hall–Kier alpha value is -4.55. The third-order valence-electron chi connectivity index (χ3n) is 7.08. The van der Waals surface area contributed by atoms with Gasteiger partial charge in [-0.05, 0) is 73.0 Å². The van der Waals surface area contributed by atoms with Crippen LogP contribution in [-0.2, 0) is 11.3 Å². The van der Waals surface area contributed by atoms with Crippen molar-refractivity contribution >= 4 is 51.9 Å². The number of para-hydroxylation sites is 1. The van der Waals surface area contributed by atoms with Gasteiger partial charge in [-0.25, -0.2) is 14.8 Å². The standard InChI is InChI=1S/C29H26N6O5S/c36-26-24(41-29(39)34-26)13-20-5-8-31-28(33-20)35-9-6-17(7-10-35)14-30-15-18-11-21(27(37)38)25(32-16-18)23-12-19-3-1-2-4-22(19)40-23/h1-5,8,11-13,16-17,30H,6-7,9-10,14-15H2,(H,37,38)(H,34,36,39)/b24-13+. The number of carboxylic acid groups (broad SMARTS) is 1. The molecule has 2 aliphatic rings. The van der Waals surface area contributed by atoms with E-state index in [9.17, 15) is 19.5 Å². The Morgan fingerprint density at radius 3 is 2.76 bits per heavy atom. The molecule has 2 fully saturated rings. The molecule has 12 heteroatoms. The summed E-state index contributed by atoms with van der Waals surface area (Å²) in [6.45, 7) is 2.87. The molecule has 6 rings (SSSR count). The Morgan fingerprint density at radius 1 is 1.17 bits per heavy atom. The average molecular weight is 571 g/mol. The third-order valence-corrected chi connectivity index (χ3v) is 7.89. The van der Waals surface area contributed by atoms with Crippen molar-refractivity contribution in [2.24, 2.45) is 5.92 Å². The van der Waals surface area contributed by atoms with Gasteiger partial charge in [-0.2, -0.15) is 0 Å². The average Bonchev–Trinajstić information content (AvgIpc) is 3.55. The Balaban J connectivity index is 1.03. The van der Waals surface area contributed by atoms with E-state index in [0.29, 0.717) is 46.0 Å². The molecule has 11 nitrogen and oxygen atoms in total. The lowest BCUT2D eigenvalue weighted by Gasteiger charge is -2.32. The van der Waals surface area contributed by atoms with Crippen LogP contribution in [0.3, 0.4) is 0 Å². The molecule has 0 spiro atoms. The minimum absolute atomic E-state index is 0.105. The highest BCUT2D eigenvalue weighted by Gasteiger charge is 2.26. The van der Waals surface area contributed by atoms with Crippen molar-refractivity contribution in [2.75, 3.05) is 24.5 Å². The van der Waals surface area contributed by atoms with Crippen LogP contribution in [0.1, 0.15) is 34.5 Å². The summed E-state index contributed by atoms with van der Waals surface area (Å²) in [5.74, 6) is 0.00762. The largest absolute Gasteiger partial charge is 0.478 e. The van der Waals surface area contributed by atoms with Crippen molar-refractivity contribution in [1.82, 2.24) is 25.6 Å². The lowest BCUT2D eigenvalue weighted by atomic mass is 9.97. The number of amides is 2. The molecule has 0 atom stereocenters. The molecular formula is C29H26N6O5S. The number of aromatic nitrogens is 3. The van der Waals surface area contributed by atoms with Gasteiger partial charge in [0.2, 0.25) is 5.95 Å². The van der Waals surface area contributed by atoms with E-state index in [4.69, 9.17) is 4.42 Å². The fourth-order valence-electron chi connectivity index (χ4n) is 4.97. The highest BCUT2D eigenvalue weighted by molar-refractivity contribution is 8.18. The van der Waals surface area contributed by atoms with E-state index in [-0.39, 0.29) is 10.8 Å². The van der Waals surface area contributed by atoms with Gasteiger partial charge in [0.05, 0.1) is 16.2 Å². The number of fused-ring (bicyclic) bond motifs is 1. The fourth-order valence-corrected chi connectivity index (χ4v) is 5.64. The summed E-state index contributed by atoms with van der Waals surface area (Å²) in [5, 5.41) is 16.0. The Morgan fingerprint density at radius 2 is 2.00 bits per heavy atom. The number of rotatable bonds is 8. The molecule has 41 heavy (non-hydrogen) atoms. The molecule has 0 aliphatic carbocycles. The Kier molecular flexibility index (Phi) is 7.49. The summed E-state index contributed by atoms with van der Waals surface area (Å²) in [4.78, 5) is 51.1. The van der Waals surface area contributed by atoms with Crippen LogP contribution in [0.25, 0.3) is 28.5 Å². The number of furan rings is 1. The molecule has 208 valence electrons. The van der Waals surface area contributed by atoms with Gasteiger partial charge in [-0.1, -0.05) is 18.2 Å². The maximum atomic E-state index is 12.0. The van der Waals surface area contributed by atoms with E-state index in [2.05, 4.69) is 30.5 Å². The number of pyridine rings is 1. The number of benzene rings is 1. The van der Waals surface area contributed by atoms with Gasteiger partial charge in [-0.15, -0.1) is 0 Å². The number of piperidine rings is 1. The lowest BCUT2D eigenvalue weighted by Crippen LogP contribution is -2.38. The van der Waals surface area contributed by atoms with Gasteiger partial charge in [0.1, 0.15) is 11.3 Å². The number of carboxylic acids is 1. The molecular weight excluding hydrogens is 544 g/mol. The number of anilines is 1. The maximum Gasteiger partial charge on any atom is 0.338 e. The van der Waals surface area contributed by atoms with E-state index in [1.54, 1.807) is 30.6 Å². The first-order chi connectivity index (χ1) is 19.9. The van der Waals surface area contributed by atoms with Crippen molar-refractivity contribution in [3.05, 3.63) is 76.6 Å². The number of aromatic carboxylic acids is 1. The van der Waals surface area contributed by atoms with Gasteiger partial charge in [-0.3, -0.25) is 19.9 Å². The Bertz CT molecular complexity index is 1640. The number of carbonyl (C=O) groups is 3. The fraction of sp³-hybridized carbons (Fsp3) is 0.241. The van der Waals surface area contributed by atoms with Crippen LogP contribution in [0.15, 0.2) is 64.2 Å². The van der Waals surface area contributed by atoms with Crippen molar-refractivity contribution in [2.45, 2.75) is 19.4 Å². The van der Waals surface area contributed by atoms with Crippen LogP contribution in [0.4, 0.5) is 10.7 Å². The second-order valence-corrected chi connectivity index (χ2v) is 10.9. The minimum Gasteiger partial charge on any atom is -0.478 e. The smallest absolute Gasteiger partial charge is 0.338 e. The van der Waals surface area contributed by atoms with Crippen LogP contribution >= 0.6 is 11.8 Å². The number of hydrogen-bond acceptors (Lipinski definition) is 10. The predicted molar refractivity (Wildman–Crippen MR) is 154 cm³/mol. The summed E-state index contributed by atoms with van der Waals surface area (Å²) < 4.78 is 5.84. The van der Waals surface area contributed by atoms with E-state index in [1.807, 2.05) is 30.3 Å². The number of imide groups is 1. The summed E-state index contributed by atoms with van der Waals surface area (Å²) in [7, 11) is 0. The first-order valence-electron chi connectivity index (χ1n) is 13.2. The van der Waals surface area contributed by atoms with Crippen LogP contribution in [0.2, 0.25) is 0 Å². The third kappa shape index (κ3) is 5.98. The number of nitrogens with zero attached hydrogens (tertiary/aromatic N) is 4. The van der Waals surface area contributed by atoms with Gasteiger partial charge in [0, 0.05) is 37.4 Å². The van der Waals surface area contributed by atoms with E-state index in [1.165, 1.54) is 0 Å². The number of carbonyl (C=O) groups excluding carboxylic acids is 2. The van der Waals surface area contributed by atoms with Gasteiger partial charge in [0.15, 0.2) is 5.76 Å². The molecule has 4 aromatic rings. The zero-order chi connectivity index (χ0) is 28.3. The first-order valence-corrected chi connectivity index (χ1v) is 14.0. The Labute approximate surface area is 239 Å². The zero-order valence-corrected chi connectivity index (χ0v) is 22.7. The van der Waals surface area contributed by atoms with Gasteiger partial charge in [0.25, 0.3) is 11.1 Å². The lowest BCUT2D eigenvalue weighted by molar-refractivity contribution is -0.115. The number of hydrogen-bond donors (Lipinski definition) is 3. The highest BCUT2D eigenvalue weighted by Crippen LogP contribution is 2.29. The summed E-state index contributed by atoms with van der Waals surface area (Å²) >= 11 is 0.862. The topological polar surface area (TPSA) is 151 Å². The molecule has 0 saturated carbocycles. The van der Waals surface area contributed by atoms with Crippen LogP contribution < -0.4 is 15.5 Å². The molecule has 1 aromatic carbocycles. The quantitative estimate of drug-likeness (QED) is 0.260. The molecule has 3 aromatic heterocycles. The van der Waals surface area contributed by atoms with Crippen molar-refractivity contribution in [1.29, 1.82) is 0 Å². The van der Waals surface area contributed by atoms with Crippen LogP contribution in [0.5, 0.6) is 0 Å². The van der Waals surface area contributed by atoms with Gasteiger partial charge >= 0.3 is 5.97 Å². The zero-order valence-electron chi connectivity index (χ0n) is 21.9. The molecule has 0 radical (unpaired) electrons. The molecule has 5 heterocycles. The number of nitrogens with one attached hydrogen (secondary N) is 2. The van der Waals surface area contributed by atoms with Crippen molar-refractivity contribution in [3.8, 4) is 11.5 Å². The van der Waals surface area contributed by atoms with E-state index < -0.39 is 11.9 Å². The van der Waals surface area contributed by atoms with E-state index in [0.717, 1.165) is 55.2 Å². The van der Waals surface area contributed by atoms with Crippen LogP contribution in [-0.4, -0.2) is 56.8 Å². The van der Waals surface area contributed by atoms with Crippen molar-refractivity contribution < 1.29 is 23.9 Å². The maximum absolute atomic E-state index is 12.0. The molecule has 2 saturated heterocycles. The van der Waals surface area contributed by atoms with E-state index >= 15 is 0 Å². The normalized spacial score (nSPS) is 17.0. The minimum atomic E-state index is -1.05. The highest BCUT2D eigenvalue weighted by atomic mass is 32.2. The molecule has 2 amide bonds. The number of thioether (sulfide) groups is 1. The molecule has 2 aliphatic heterocycles. The molecule has 0 bridgehead atoms. The molecule has 3 N–H and O–H groups in total. The summed E-state index contributed by atoms with van der Waals surface area (Å²) in [5.41, 5.74) is 2.46. The van der Waals surface area contributed by atoms with Crippen LogP contribution in [0, 0.1) is 5.92 Å². The summed E-state index contributed by atoms with van der Waals surface area (Å²) in [6, 6.07) is 12.7. The SMILES string of the molecule is O=C1NC(=O)/C(=C\c2ccnc(N3CCC(CNCc4cnc(-c5cc6ccccc6o5)c(C(=O)O)c4)CC3)n2)S1. The monoisotopic (exact) mass is 570 g/mol. The second kappa shape index (κ2) is 11.5. The summed E-state index contributed by atoms with van der Waals surface area (Å²) in [6.07, 6.45) is 6.82. The predicted octanol–water partition coefficient (Wildman–Crippen LogP) is 4.31. The van der Waals surface area contributed by atoms with Gasteiger partial charge < -0.3 is 19.7 Å². The second-order valence-electron chi connectivity index (χ2n) is 9.89. The van der Waals surface area contributed by atoms with Crippen molar-refractivity contribution in [3.63, 3.8) is 0 Å².